The van der Waals surface area contributed by atoms with E-state index < -0.39 is 22.4 Å². The summed E-state index contributed by atoms with van der Waals surface area (Å²) in [7, 11) is 0. The van der Waals surface area contributed by atoms with Gasteiger partial charge in [0, 0.05) is 4.48 Å². The van der Waals surface area contributed by atoms with Gasteiger partial charge in [-0.15, -0.1) is 0 Å². The first-order valence-corrected chi connectivity index (χ1v) is 4.98. The molecule has 78 valence electrons. The molecule has 0 amide bonds. The number of nitrogens with two attached hydrogens (primary N) is 1. The van der Waals surface area contributed by atoms with Crippen LogP contribution in [-0.4, -0.2) is 26.9 Å². The third kappa shape index (κ3) is 1.48. The molecule has 0 heterocycles. The normalized spacial score (nSPS) is 32.9. The van der Waals surface area contributed by atoms with Crippen molar-refractivity contribution in [3.63, 3.8) is 0 Å². The van der Waals surface area contributed by atoms with Crippen LogP contribution in [0.2, 0.25) is 0 Å². The Balaban J connectivity index is 3.34. The predicted molar refractivity (Wildman–Crippen MR) is 55.5 cm³/mol. The Bertz CT molecular complexity index is 354. The molecule has 0 aromatic carbocycles. The lowest BCUT2D eigenvalue weighted by Crippen LogP contribution is -2.60. The van der Waals surface area contributed by atoms with Crippen LogP contribution >= 0.6 is 31.9 Å². The molecule has 14 heavy (non-hydrogen) atoms. The van der Waals surface area contributed by atoms with Crippen LogP contribution in [0.15, 0.2) is 20.8 Å². The van der Waals surface area contributed by atoms with Gasteiger partial charge in [0.05, 0.1) is 9.41 Å². The molecule has 4 N–H and O–H groups in total. The third-order valence-corrected chi connectivity index (χ3v) is 3.12. The lowest BCUT2D eigenvalue weighted by Gasteiger charge is -2.28. The molecule has 1 aliphatic rings. The second-order valence-corrected chi connectivity index (χ2v) is 4.48. The van der Waals surface area contributed by atoms with Gasteiger partial charge in [-0.25, -0.2) is 0 Å². The fourth-order valence-corrected chi connectivity index (χ4v) is 2.43. The number of rotatable bonds is 1. The number of aliphatic hydroxyl groups is 2. The molecule has 0 aliphatic heterocycles. The van der Waals surface area contributed by atoms with E-state index in [-0.39, 0.29) is 8.96 Å². The van der Waals surface area contributed by atoms with Gasteiger partial charge in [0.25, 0.3) is 0 Å². The Morgan fingerprint density at radius 3 is 2.57 bits per heavy atom. The fraction of sp³-hybridized carbons (Fsp3) is 0.333. The van der Waals surface area contributed by atoms with E-state index >= 15 is 0 Å². The summed E-state index contributed by atoms with van der Waals surface area (Å²) in [6.45, 7) is 0. The average Bonchev–Trinajstić information content (AvgIpc) is 2.11. The minimum Gasteiger partial charge on any atom is -0.504 e. The predicted octanol–water partition coefficient (Wildman–Crippen LogP) is 0.736. The number of nitro groups is 1. The Morgan fingerprint density at radius 2 is 2.14 bits per heavy atom. The molecule has 2 unspecified atom stereocenters. The van der Waals surface area contributed by atoms with Crippen LogP contribution in [0, 0.1) is 10.1 Å². The Morgan fingerprint density at radius 1 is 1.64 bits per heavy atom. The van der Waals surface area contributed by atoms with Crippen molar-refractivity contribution in [1.82, 2.24) is 0 Å². The molecule has 0 fully saturated rings. The van der Waals surface area contributed by atoms with Crippen LogP contribution in [-0.2, 0) is 0 Å². The summed E-state index contributed by atoms with van der Waals surface area (Å²) in [5.41, 5.74) is 2.90. The standard InChI is InChI=1S/C6H6Br2N2O4/c7-2-1-3(8)5(12)6(9,4(2)11)10(13)14/h1,4,11-12H,9H2. The van der Waals surface area contributed by atoms with E-state index in [1.807, 2.05) is 0 Å². The first-order valence-electron chi connectivity index (χ1n) is 3.39. The first-order chi connectivity index (χ1) is 6.31. The van der Waals surface area contributed by atoms with E-state index in [9.17, 15) is 20.3 Å². The summed E-state index contributed by atoms with van der Waals surface area (Å²) >= 11 is 5.81. The highest BCUT2D eigenvalue weighted by Gasteiger charge is 2.55. The van der Waals surface area contributed by atoms with E-state index in [1.54, 1.807) is 0 Å². The largest absolute Gasteiger partial charge is 0.504 e. The van der Waals surface area contributed by atoms with Gasteiger partial charge in [0.2, 0.25) is 5.76 Å². The highest BCUT2D eigenvalue weighted by Crippen LogP contribution is 2.35. The van der Waals surface area contributed by atoms with Crippen molar-refractivity contribution in [2.45, 2.75) is 11.8 Å². The van der Waals surface area contributed by atoms with Gasteiger partial charge < -0.3 is 10.2 Å². The number of nitrogens with zero attached hydrogens (tertiary/aromatic N) is 1. The summed E-state index contributed by atoms with van der Waals surface area (Å²) in [6, 6.07) is 0. The van der Waals surface area contributed by atoms with Crippen LogP contribution in [0.4, 0.5) is 0 Å². The number of allylic oxidation sites excluding steroid dienone is 2. The summed E-state index contributed by atoms with van der Waals surface area (Å²) in [5, 5.41) is 29.5. The first kappa shape index (κ1) is 11.6. The molecule has 6 nitrogen and oxygen atoms in total. The smallest absolute Gasteiger partial charge is 0.360 e. The highest BCUT2D eigenvalue weighted by molar-refractivity contribution is 9.12. The molecule has 1 aliphatic carbocycles. The van der Waals surface area contributed by atoms with Crippen LogP contribution in [0.1, 0.15) is 0 Å². The minimum atomic E-state index is -2.41. The minimum absolute atomic E-state index is 0.0638. The summed E-state index contributed by atoms with van der Waals surface area (Å²) in [6.07, 6.45) is -0.312. The van der Waals surface area contributed by atoms with Crippen molar-refractivity contribution in [3.8, 4) is 0 Å². The van der Waals surface area contributed by atoms with Gasteiger partial charge in [0.15, 0.2) is 6.10 Å². The van der Waals surface area contributed by atoms with Gasteiger partial charge in [-0.3, -0.25) is 15.8 Å². The lowest BCUT2D eigenvalue weighted by molar-refractivity contribution is -0.572. The zero-order chi connectivity index (χ0) is 11.1. The summed E-state index contributed by atoms with van der Waals surface area (Å²) in [4.78, 5) is 9.70. The molecule has 8 heteroatoms. The van der Waals surface area contributed by atoms with Crippen LogP contribution in [0.3, 0.4) is 0 Å². The van der Waals surface area contributed by atoms with Crippen LogP contribution < -0.4 is 5.73 Å². The zero-order valence-electron chi connectivity index (χ0n) is 6.65. The van der Waals surface area contributed by atoms with Gasteiger partial charge in [-0.05, 0) is 22.0 Å². The van der Waals surface area contributed by atoms with Crippen molar-refractivity contribution in [1.29, 1.82) is 0 Å². The molecule has 0 aromatic rings. The monoisotopic (exact) mass is 328 g/mol. The molecule has 0 bridgehead atoms. The maximum absolute atomic E-state index is 10.6. The van der Waals surface area contributed by atoms with Gasteiger partial charge in [-0.2, -0.15) is 0 Å². The summed E-state index contributed by atoms with van der Waals surface area (Å²) in [5.74, 6) is -0.710. The molecular weight excluding hydrogens is 324 g/mol. The number of halogens is 2. The molecule has 2 atom stereocenters. The molecule has 0 aromatic heterocycles. The molecule has 0 spiro atoms. The Labute approximate surface area is 95.5 Å². The van der Waals surface area contributed by atoms with Gasteiger partial charge in [0.1, 0.15) is 0 Å². The van der Waals surface area contributed by atoms with Crippen molar-refractivity contribution in [2.24, 2.45) is 5.73 Å². The zero-order valence-corrected chi connectivity index (χ0v) is 9.82. The van der Waals surface area contributed by atoms with Gasteiger partial charge >= 0.3 is 5.66 Å². The Kier molecular flexibility index (Phi) is 3.00. The van der Waals surface area contributed by atoms with Crippen LogP contribution in [0.5, 0.6) is 0 Å². The quantitative estimate of drug-likeness (QED) is 0.373. The molecule has 0 saturated carbocycles. The third-order valence-electron chi connectivity index (χ3n) is 1.85. The van der Waals surface area contributed by atoms with Gasteiger partial charge in [-0.1, -0.05) is 15.9 Å². The SMILES string of the molecule is NC1([N+](=O)[O-])C(O)=C(Br)C=C(Br)C1O. The van der Waals surface area contributed by atoms with E-state index in [0.29, 0.717) is 0 Å². The topological polar surface area (TPSA) is 110 Å². The van der Waals surface area contributed by atoms with Crippen molar-refractivity contribution >= 4 is 31.9 Å². The molecule has 0 saturated heterocycles. The molecular formula is C6H6Br2N2O4. The highest BCUT2D eigenvalue weighted by atomic mass is 79.9. The number of hydrogen-bond donors (Lipinski definition) is 3. The van der Waals surface area contributed by atoms with Crippen molar-refractivity contribution in [3.05, 3.63) is 30.9 Å². The average molecular weight is 330 g/mol. The fourth-order valence-electron chi connectivity index (χ4n) is 0.986. The summed E-state index contributed by atoms with van der Waals surface area (Å²) < 4.78 is 0.190. The van der Waals surface area contributed by atoms with Crippen molar-refractivity contribution in [2.75, 3.05) is 0 Å². The Hall–Kier alpha value is -0.440. The lowest BCUT2D eigenvalue weighted by atomic mass is 9.97. The van der Waals surface area contributed by atoms with E-state index in [1.165, 1.54) is 6.08 Å². The van der Waals surface area contributed by atoms with E-state index in [2.05, 4.69) is 31.9 Å². The van der Waals surface area contributed by atoms with Crippen LogP contribution in [0.25, 0.3) is 0 Å². The number of aliphatic hydroxyl groups excluding tert-OH is 2. The second-order valence-electron chi connectivity index (χ2n) is 2.71. The van der Waals surface area contributed by atoms with E-state index in [0.717, 1.165) is 0 Å². The molecule has 1 rings (SSSR count). The molecule has 0 radical (unpaired) electrons. The van der Waals surface area contributed by atoms with Crippen molar-refractivity contribution < 1.29 is 15.1 Å². The van der Waals surface area contributed by atoms with E-state index in [4.69, 9.17) is 5.73 Å². The number of hydrogen-bond acceptors (Lipinski definition) is 5. The maximum atomic E-state index is 10.6. The maximum Gasteiger partial charge on any atom is 0.360 e. The second kappa shape index (κ2) is 3.61.